The van der Waals surface area contributed by atoms with E-state index in [1.54, 1.807) is 10.9 Å². The second kappa shape index (κ2) is 6.41. The quantitative estimate of drug-likeness (QED) is 0.808. The lowest BCUT2D eigenvalue weighted by Gasteiger charge is -2.09. The van der Waals surface area contributed by atoms with Crippen LogP contribution in [-0.4, -0.2) is 15.8 Å². The summed E-state index contributed by atoms with van der Waals surface area (Å²) in [5.74, 6) is 0.241. The highest BCUT2D eigenvalue weighted by Gasteiger charge is 2.13. The largest absolute Gasteiger partial charge is 0.326 e. The zero-order valence-electron chi connectivity index (χ0n) is 12.6. The molecular weight excluding hydrogens is 266 g/mol. The molecule has 0 radical (unpaired) electrons. The minimum absolute atomic E-state index is 0.241. The van der Waals surface area contributed by atoms with Crippen molar-refractivity contribution < 1.29 is 4.79 Å². The number of hydrogen-bond acceptors (Lipinski definition) is 3. The van der Waals surface area contributed by atoms with Crippen LogP contribution in [0.5, 0.6) is 0 Å². The molecule has 0 saturated heterocycles. The van der Waals surface area contributed by atoms with E-state index < -0.39 is 0 Å². The standard InChI is InChI=1S/C15H21N5O/c1-10(2)14-13(9-20(3)19-14)18-15(21)17-12-6-4-11(8-16)5-7-12/h4-7,9-10H,8,16H2,1-3H3,(H2,17,18,21). The van der Waals surface area contributed by atoms with Crippen molar-refractivity contribution in [3.8, 4) is 0 Å². The van der Waals surface area contributed by atoms with Crippen molar-refractivity contribution in [3.05, 3.63) is 41.7 Å². The van der Waals surface area contributed by atoms with Crippen LogP contribution in [0, 0.1) is 0 Å². The molecule has 4 N–H and O–H groups in total. The van der Waals surface area contributed by atoms with Crippen molar-refractivity contribution in [1.82, 2.24) is 9.78 Å². The normalized spacial score (nSPS) is 10.7. The van der Waals surface area contributed by atoms with Gasteiger partial charge in [0.15, 0.2) is 0 Å². The van der Waals surface area contributed by atoms with Crippen LogP contribution in [0.3, 0.4) is 0 Å². The van der Waals surface area contributed by atoms with E-state index in [1.807, 2.05) is 45.2 Å². The summed E-state index contributed by atoms with van der Waals surface area (Å²) in [6.45, 7) is 4.56. The highest BCUT2D eigenvalue weighted by molar-refractivity contribution is 6.00. The van der Waals surface area contributed by atoms with E-state index in [1.165, 1.54) is 0 Å². The van der Waals surface area contributed by atoms with Gasteiger partial charge in [-0.15, -0.1) is 0 Å². The van der Waals surface area contributed by atoms with Gasteiger partial charge in [-0.2, -0.15) is 5.10 Å². The van der Waals surface area contributed by atoms with Gasteiger partial charge in [0.25, 0.3) is 0 Å². The molecule has 2 amide bonds. The molecule has 2 aromatic rings. The van der Waals surface area contributed by atoms with Crippen molar-refractivity contribution in [3.63, 3.8) is 0 Å². The summed E-state index contributed by atoms with van der Waals surface area (Å²) in [5, 5.41) is 9.97. The van der Waals surface area contributed by atoms with Crippen LogP contribution in [-0.2, 0) is 13.6 Å². The first kappa shape index (κ1) is 15.1. The molecule has 0 atom stereocenters. The van der Waals surface area contributed by atoms with Gasteiger partial charge < -0.3 is 16.4 Å². The number of amides is 2. The Hall–Kier alpha value is -2.34. The van der Waals surface area contributed by atoms with Gasteiger partial charge in [-0.05, 0) is 23.6 Å². The Kier molecular flexibility index (Phi) is 4.59. The first-order chi connectivity index (χ1) is 9.99. The number of rotatable bonds is 4. The van der Waals surface area contributed by atoms with E-state index in [9.17, 15) is 4.79 Å². The lowest BCUT2D eigenvalue weighted by atomic mass is 10.1. The molecule has 0 fully saturated rings. The molecule has 0 bridgehead atoms. The van der Waals surface area contributed by atoms with Gasteiger partial charge in [-0.3, -0.25) is 4.68 Å². The Labute approximate surface area is 124 Å². The number of aromatic nitrogens is 2. The molecule has 1 heterocycles. The summed E-state index contributed by atoms with van der Waals surface area (Å²) in [4.78, 5) is 12.0. The smallest absolute Gasteiger partial charge is 0.323 e. The molecule has 0 unspecified atom stereocenters. The molecule has 112 valence electrons. The van der Waals surface area contributed by atoms with Gasteiger partial charge in [0, 0.05) is 25.5 Å². The van der Waals surface area contributed by atoms with Crippen LogP contribution < -0.4 is 16.4 Å². The molecule has 0 aliphatic carbocycles. The molecule has 0 saturated carbocycles. The van der Waals surface area contributed by atoms with Gasteiger partial charge in [0.05, 0.1) is 11.4 Å². The van der Waals surface area contributed by atoms with Crippen molar-refractivity contribution in [2.45, 2.75) is 26.3 Å². The van der Waals surface area contributed by atoms with Crippen LogP contribution in [0.15, 0.2) is 30.5 Å². The second-order valence-corrected chi connectivity index (χ2v) is 5.24. The second-order valence-electron chi connectivity index (χ2n) is 5.24. The van der Waals surface area contributed by atoms with E-state index >= 15 is 0 Å². The van der Waals surface area contributed by atoms with E-state index in [0.717, 1.165) is 22.6 Å². The van der Waals surface area contributed by atoms with Gasteiger partial charge in [0.2, 0.25) is 0 Å². The number of urea groups is 1. The number of nitrogens with zero attached hydrogens (tertiary/aromatic N) is 2. The zero-order chi connectivity index (χ0) is 15.4. The number of nitrogens with two attached hydrogens (primary N) is 1. The fourth-order valence-electron chi connectivity index (χ4n) is 2.04. The molecule has 6 heteroatoms. The van der Waals surface area contributed by atoms with E-state index in [4.69, 9.17) is 5.73 Å². The third kappa shape index (κ3) is 3.82. The first-order valence-electron chi connectivity index (χ1n) is 6.90. The molecule has 0 aliphatic rings. The molecular formula is C15H21N5O. The predicted molar refractivity (Wildman–Crippen MR) is 84.3 cm³/mol. The lowest BCUT2D eigenvalue weighted by Crippen LogP contribution is -2.20. The highest BCUT2D eigenvalue weighted by atomic mass is 16.2. The minimum Gasteiger partial charge on any atom is -0.326 e. The van der Waals surface area contributed by atoms with Gasteiger partial charge in [0.1, 0.15) is 0 Å². The topological polar surface area (TPSA) is 85.0 Å². The predicted octanol–water partition coefficient (Wildman–Crippen LogP) is 2.65. The number of benzene rings is 1. The maximum atomic E-state index is 12.0. The summed E-state index contributed by atoms with van der Waals surface area (Å²) >= 11 is 0. The van der Waals surface area contributed by atoms with Crippen LogP contribution >= 0.6 is 0 Å². The summed E-state index contributed by atoms with van der Waals surface area (Å²) in [7, 11) is 1.83. The van der Waals surface area contributed by atoms with Crippen LogP contribution in [0.2, 0.25) is 0 Å². The summed E-state index contributed by atoms with van der Waals surface area (Å²) in [6, 6.07) is 7.15. The fourth-order valence-corrected chi connectivity index (χ4v) is 2.04. The summed E-state index contributed by atoms with van der Waals surface area (Å²) in [6.07, 6.45) is 1.80. The Balaban J connectivity index is 2.04. The molecule has 6 nitrogen and oxygen atoms in total. The number of nitrogens with one attached hydrogen (secondary N) is 2. The lowest BCUT2D eigenvalue weighted by molar-refractivity contribution is 0.262. The van der Waals surface area contributed by atoms with Crippen molar-refractivity contribution in [2.24, 2.45) is 12.8 Å². The Bertz CT molecular complexity index is 615. The summed E-state index contributed by atoms with van der Waals surface area (Å²) < 4.78 is 1.70. The molecule has 1 aromatic carbocycles. The van der Waals surface area contributed by atoms with Gasteiger partial charge in [-0.1, -0.05) is 26.0 Å². The maximum absolute atomic E-state index is 12.0. The molecule has 0 spiro atoms. The van der Waals surface area contributed by atoms with Crippen LogP contribution in [0.1, 0.15) is 31.0 Å². The minimum atomic E-state index is -0.287. The first-order valence-corrected chi connectivity index (χ1v) is 6.90. The number of anilines is 2. The molecule has 21 heavy (non-hydrogen) atoms. The number of carbonyl (C=O) groups is 1. The highest BCUT2D eigenvalue weighted by Crippen LogP contribution is 2.22. The van der Waals surface area contributed by atoms with Crippen molar-refractivity contribution >= 4 is 17.4 Å². The van der Waals surface area contributed by atoms with E-state index in [0.29, 0.717) is 6.54 Å². The van der Waals surface area contributed by atoms with Gasteiger partial charge >= 0.3 is 6.03 Å². The third-order valence-corrected chi connectivity index (χ3v) is 3.10. The number of hydrogen-bond donors (Lipinski definition) is 3. The van der Waals surface area contributed by atoms with Gasteiger partial charge in [-0.25, -0.2) is 4.79 Å². The molecule has 1 aromatic heterocycles. The SMILES string of the molecule is CC(C)c1nn(C)cc1NC(=O)Nc1ccc(CN)cc1. The van der Waals surface area contributed by atoms with Crippen molar-refractivity contribution in [1.29, 1.82) is 0 Å². The average molecular weight is 287 g/mol. The Morgan fingerprint density at radius 2 is 1.95 bits per heavy atom. The number of carbonyl (C=O) groups excluding carboxylic acids is 1. The number of aryl methyl sites for hydroxylation is 1. The van der Waals surface area contributed by atoms with Crippen LogP contribution in [0.25, 0.3) is 0 Å². The van der Waals surface area contributed by atoms with Crippen molar-refractivity contribution in [2.75, 3.05) is 10.6 Å². The fraction of sp³-hybridized carbons (Fsp3) is 0.333. The van der Waals surface area contributed by atoms with E-state index in [2.05, 4.69) is 15.7 Å². The molecule has 2 rings (SSSR count). The zero-order valence-corrected chi connectivity index (χ0v) is 12.6. The Morgan fingerprint density at radius 1 is 1.29 bits per heavy atom. The Morgan fingerprint density at radius 3 is 2.52 bits per heavy atom. The van der Waals surface area contributed by atoms with E-state index in [-0.39, 0.29) is 11.9 Å². The third-order valence-electron chi connectivity index (χ3n) is 3.10. The molecule has 0 aliphatic heterocycles. The average Bonchev–Trinajstić information content (AvgIpc) is 2.80. The summed E-state index contributed by atoms with van der Waals surface area (Å²) in [5.41, 5.74) is 8.88. The maximum Gasteiger partial charge on any atom is 0.323 e. The monoisotopic (exact) mass is 287 g/mol. The van der Waals surface area contributed by atoms with Crippen LogP contribution in [0.4, 0.5) is 16.2 Å².